The van der Waals surface area contributed by atoms with Crippen molar-refractivity contribution in [3.8, 4) is 22.5 Å². The van der Waals surface area contributed by atoms with E-state index in [1.807, 2.05) is 36.4 Å². The number of hydrogen-bond acceptors (Lipinski definition) is 3. The van der Waals surface area contributed by atoms with E-state index in [-0.39, 0.29) is 5.56 Å². The van der Waals surface area contributed by atoms with Gasteiger partial charge in [0.1, 0.15) is 0 Å². The Morgan fingerprint density at radius 3 is 1.68 bits per heavy atom. The molecule has 11 aromatic rings. The van der Waals surface area contributed by atoms with Crippen LogP contribution in [0.25, 0.3) is 92.2 Å². The SMILES string of the molecule is O=c1c2cc(-n3c4ccccc4c4cc(-c5ccc6c(c5)c5ccccc5n6-c5ccccc5)ccc43)ccc2nc2sc3ccccc3n12. The van der Waals surface area contributed by atoms with Gasteiger partial charge in [-0.3, -0.25) is 9.20 Å². The lowest BCUT2D eigenvalue weighted by atomic mass is 10.0. The van der Waals surface area contributed by atoms with Crippen LogP contribution in [0.5, 0.6) is 0 Å². The number of hydrogen-bond donors (Lipinski definition) is 0. The number of nitrogens with zero attached hydrogens (tertiary/aromatic N) is 4. The monoisotopic (exact) mass is 658 g/mol. The summed E-state index contributed by atoms with van der Waals surface area (Å²) in [6.45, 7) is 0. The first-order chi connectivity index (χ1) is 24.7. The highest BCUT2D eigenvalue weighted by molar-refractivity contribution is 7.23. The zero-order chi connectivity index (χ0) is 32.9. The van der Waals surface area contributed by atoms with Gasteiger partial charge in [0.05, 0.1) is 43.2 Å². The van der Waals surface area contributed by atoms with Gasteiger partial charge >= 0.3 is 0 Å². The highest BCUT2D eigenvalue weighted by Crippen LogP contribution is 2.38. The number of rotatable bonds is 3. The molecule has 0 unspecified atom stereocenters. The average Bonchev–Trinajstić information content (AvgIpc) is 3.82. The first-order valence-electron chi connectivity index (χ1n) is 16.7. The molecule has 0 amide bonds. The maximum Gasteiger partial charge on any atom is 0.266 e. The number of para-hydroxylation sites is 4. The van der Waals surface area contributed by atoms with Crippen LogP contribution >= 0.6 is 11.3 Å². The summed E-state index contributed by atoms with van der Waals surface area (Å²) in [5.74, 6) is 0. The van der Waals surface area contributed by atoms with Crippen molar-refractivity contribution >= 4 is 81.0 Å². The molecule has 0 aliphatic carbocycles. The molecule has 0 saturated heterocycles. The Labute approximate surface area is 289 Å². The van der Waals surface area contributed by atoms with Crippen LogP contribution in [0.1, 0.15) is 0 Å². The molecule has 0 atom stereocenters. The molecule has 0 saturated carbocycles. The summed E-state index contributed by atoms with van der Waals surface area (Å²) in [7, 11) is 0. The zero-order valence-electron chi connectivity index (χ0n) is 26.6. The van der Waals surface area contributed by atoms with Crippen molar-refractivity contribution in [3.05, 3.63) is 168 Å². The van der Waals surface area contributed by atoms with E-state index in [0.717, 1.165) is 38.2 Å². The van der Waals surface area contributed by atoms with E-state index in [2.05, 4.69) is 130 Å². The van der Waals surface area contributed by atoms with Crippen LogP contribution in [0, 0.1) is 0 Å². The molecule has 4 aromatic heterocycles. The van der Waals surface area contributed by atoms with E-state index in [1.54, 1.807) is 15.7 Å². The topological polar surface area (TPSA) is 44.2 Å². The van der Waals surface area contributed by atoms with Crippen LogP contribution in [0.2, 0.25) is 0 Å². The lowest BCUT2D eigenvalue weighted by Crippen LogP contribution is -2.14. The number of fused-ring (bicyclic) bond motifs is 10. The van der Waals surface area contributed by atoms with E-state index in [1.165, 1.54) is 38.1 Å². The van der Waals surface area contributed by atoms with Crippen molar-refractivity contribution in [1.82, 2.24) is 18.5 Å². The van der Waals surface area contributed by atoms with E-state index in [9.17, 15) is 4.79 Å². The van der Waals surface area contributed by atoms with Gasteiger partial charge in [-0.2, -0.15) is 0 Å². The van der Waals surface area contributed by atoms with Gasteiger partial charge in [-0.15, -0.1) is 0 Å². The summed E-state index contributed by atoms with van der Waals surface area (Å²) in [6, 6.07) is 55.3. The van der Waals surface area contributed by atoms with Crippen LogP contribution < -0.4 is 5.56 Å². The zero-order valence-corrected chi connectivity index (χ0v) is 27.4. The Balaban J connectivity index is 1.10. The maximum atomic E-state index is 14.0. The Hall–Kier alpha value is -6.50. The largest absolute Gasteiger partial charge is 0.309 e. The van der Waals surface area contributed by atoms with Crippen LogP contribution in [0.3, 0.4) is 0 Å². The van der Waals surface area contributed by atoms with E-state index in [4.69, 9.17) is 4.98 Å². The Morgan fingerprint density at radius 1 is 0.440 bits per heavy atom. The first-order valence-corrected chi connectivity index (χ1v) is 17.5. The van der Waals surface area contributed by atoms with E-state index < -0.39 is 0 Å². The molecule has 7 aromatic carbocycles. The summed E-state index contributed by atoms with van der Waals surface area (Å²) in [5, 5.41) is 5.40. The Kier molecular flexibility index (Phi) is 5.63. The highest BCUT2D eigenvalue weighted by atomic mass is 32.1. The van der Waals surface area contributed by atoms with Crippen LogP contribution in [-0.4, -0.2) is 18.5 Å². The predicted octanol–water partition coefficient (Wildman–Crippen LogP) is 10.9. The minimum atomic E-state index is -0.0450. The third-order valence-corrected chi connectivity index (χ3v) is 11.1. The lowest BCUT2D eigenvalue weighted by Gasteiger charge is -2.10. The van der Waals surface area contributed by atoms with E-state index in [0.29, 0.717) is 15.9 Å². The molecule has 6 heteroatoms. The van der Waals surface area contributed by atoms with Crippen molar-refractivity contribution in [2.75, 3.05) is 0 Å². The van der Waals surface area contributed by atoms with Crippen molar-refractivity contribution in [1.29, 1.82) is 0 Å². The fourth-order valence-electron chi connectivity index (χ4n) is 7.84. The summed E-state index contributed by atoms with van der Waals surface area (Å²) < 4.78 is 7.41. The van der Waals surface area contributed by atoms with Gasteiger partial charge in [0.25, 0.3) is 5.56 Å². The molecular weight excluding hydrogens is 633 g/mol. The van der Waals surface area contributed by atoms with Gasteiger partial charge in [-0.1, -0.05) is 90.2 Å². The highest BCUT2D eigenvalue weighted by Gasteiger charge is 2.18. The fraction of sp³-hybridized carbons (Fsp3) is 0. The second-order valence-corrected chi connectivity index (χ2v) is 13.8. The van der Waals surface area contributed by atoms with Gasteiger partial charge in [-0.05, 0) is 90.0 Å². The lowest BCUT2D eigenvalue weighted by molar-refractivity contribution is 1.14. The molecule has 5 nitrogen and oxygen atoms in total. The van der Waals surface area contributed by atoms with E-state index >= 15 is 0 Å². The number of aromatic nitrogens is 4. The number of benzene rings is 7. The quantitative estimate of drug-likeness (QED) is 0.190. The molecular formula is C44H26N4OS. The molecule has 0 fully saturated rings. The molecule has 0 radical (unpaired) electrons. The minimum Gasteiger partial charge on any atom is -0.309 e. The summed E-state index contributed by atoms with van der Waals surface area (Å²) >= 11 is 1.54. The fourth-order valence-corrected chi connectivity index (χ4v) is 8.86. The normalized spacial score (nSPS) is 12.1. The van der Waals surface area contributed by atoms with Gasteiger partial charge < -0.3 is 9.13 Å². The third kappa shape index (κ3) is 3.82. The molecule has 0 aliphatic rings. The van der Waals surface area contributed by atoms with Crippen molar-refractivity contribution < 1.29 is 0 Å². The van der Waals surface area contributed by atoms with Crippen molar-refractivity contribution in [3.63, 3.8) is 0 Å². The molecule has 0 bridgehead atoms. The first kappa shape index (κ1) is 27.5. The van der Waals surface area contributed by atoms with Crippen LogP contribution in [0.15, 0.2) is 163 Å². The molecule has 0 spiro atoms. The second kappa shape index (κ2) is 10.3. The maximum absolute atomic E-state index is 14.0. The number of thiazole rings is 1. The summed E-state index contributed by atoms with van der Waals surface area (Å²) in [4.78, 5) is 19.6. The summed E-state index contributed by atoms with van der Waals surface area (Å²) in [6.07, 6.45) is 0. The van der Waals surface area contributed by atoms with Gasteiger partial charge in [0.15, 0.2) is 4.96 Å². The van der Waals surface area contributed by atoms with Crippen molar-refractivity contribution in [2.45, 2.75) is 0 Å². The van der Waals surface area contributed by atoms with Crippen LogP contribution in [-0.2, 0) is 0 Å². The molecule has 50 heavy (non-hydrogen) atoms. The molecule has 0 aliphatic heterocycles. The summed E-state index contributed by atoms with van der Waals surface area (Å²) in [5.41, 5.74) is 10.5. The minimum absolute atomic E-state index is 0.0450. The van der Waals surface area contributed by atoms with Crippen LogP contribution in [0.4, 0.5) is 0 Å². The Morgan fingerprint density at radius 2 is 1.00 bits per heavy atom. The average molecular weight is 659 g/mol. The van der Waals surface area contributed by atoms with Gasteiger partial charge in [0.2, 0.25) is 0 Å². The molecule has 0 N–H and O–H groups in total. The second-order valence-electron chi connectivity index (χ2n) is 12.8. The van der Waals surface area contributed by atoms with Gasteiger partial charge in [0, 0.05) is 32.9 Å². The van der Waals surface area contributed by atoms with Crippen molar-refractivity contribution in [2.24, 2.45) is 0 Å². The third-order valence-electron chi connectivity index (χ3n) is 10.1. The standard InChI is InChI=1S/C44H26N4OS/c49-43-35-26-30(20-21-36(35)45-44-48(43)41-16-8-9-17-42(41)50-44)47-38-15-7-5-13-32(38)34-25-28(19-23-40(34)47)27-18-22-39-33(24-27)31-12-4-6-14-37(31)46(39)29-10-2-1-3-11-29/h1-26H. The Bertz CT molecular complexity index is 3240. The molecule has 11 rings (SSSR count). The smallest absolute Gasteiger partial charge is 0.266 e. The predicted molar refractivity (Wildman–Crippen MR) is 208 cm³/mol. The van der Waals surface area contributed by atoms with Gasteiger partial charge in [-0.25, -0.2) is 4.98 Å². The molecule has 234 valence electrons. The molecule has 4 heterocycles.